The second kappa shape index (κ2) is 8.14. The number of benzene rings is 2. The maximum absolute atomic E-state index is 13.1. The molecule has 0 bridgehead atoms. The maximum Gasteiger partial charge on any atom is 0.255 e. The maximum atomic E-state index is 13.1. The Labute approximate surface area is 175 Å². The first-order valence-corrected chi connectivity index (χ1v) is 11.2. The number of hydrogen-bond acceptors (Lipinski definition) is 5. The van der Waals surface area contributed by atoms with Crippen molar-refractivity contribution in [3.8, 4) is 0 Å². The Kier molecular flexibility index (Phi) is 5.55. The zero-order chi connectivity index (χ0) is 21.3. The monoisotopic (exact) mass is 425 g/mol. The number of pyridine rings is 1. The molecule has 7 nitrogen and oxygen atoms in total. The molecular weight excluding hydrogens is 402 g/mol. The minimum Gasteiger partial charge on any atom is -0.373 e. The molecule has 0 spiro atoms. The van der Waals surface area contributed by atoms with Crippen molar-refractivity contribution in [1.82, 2.24) is 9.29 Å². The summed E-state index contributed by atoms with van der Waals surface area (Å²) >= 11 is 0. The van der Waals surface area contributed by atoms with Gasteiger partial charge in [-0.1, -0.05) is 24.3 Å². The number of rotatable bonds is 4. The summed E-state index contributed by atoms with van der Waals surface area (Å²) in [5.74, 6) is -0.396. The Bertz CT molecular complexity index is 1190. The molecule has 1 saturated heterocycles. The van der Waals surface area contributed by atoms with Crippen molar-refractivity contribution in [1.29, 1.82) is 0 Å². The average molecular weight is 426 g/mol. The van der Waals surface area contributed by atoms with Gasteiger partial charge >= 0.3 is 0 Å². The van der Waals surface area contributed by atoms with E-state index in [1.54, 1.807) is 18.3 Å². The Morgan fingerprint density at radius 2 is 1.80 bits per heavy atom. The third-order valence-corrected chi connectivity index (χ3v) is 6.80. The first kappa shape index (κ1) is 20.5. The number of nitrogens with zero attached hydrogens (tertiary/aromatic N) is 2. The summed E-state index contributed by atoms with van der Waals surface area (Å²) in [7, 11) is -3.72. The third kappa shape index (κ3) is 4.21. The van der Waals surface area contributed by atoms with E-state index >= 15 is 0 Å². The minimum absolute atomic E-state index is 0.0908. The fraction of sp³-hybridized carbons (Fsp3) is 0.273. The van der Waals surface area contributed by atoms with Gasteiger partial charge in [-0.25, -0.2) is 8.42 Å². The quantitative estimate of drug-likeness (QED) is 0.693. The van der Waals surface area contributed by atoms with Crippen molar-refractivity contribution in [3.63, 3.8) is 0 Å². The fourth-order valence-corrected chi connectivity index (χ4v) is 5.25. The van der Waals surface area contributed by atoms with E-state index in [0.717, 1.165) is 10.9 Å². The van der Waals surface area contributed by atoms with Gasteiger partial charge in [-0.05, 0) is 44.2 Å². The average Bonchev–Trinajstić information content (AvgIpc) is 2.73. The number of aromatic nitrogens is 1. The van der Waals surface area contributed by atoms with E-state index in [4.69, 9.17) is 4.74 Å². The van der Waals surface area contributed by atoms with Gasteiger partial charge in [0.05, 0.1) is 34.5 Å². The van der Waals surface area contributed by atoms with E-state index < -0.39 is 15.9 Å². The van der Waals surface area contributed by atoms with Gasteiger partial charge in [0.2, 0.25) is 10.0 Å². The number of amides is 1. The number of ether oxygens (including phenoxy) is 1. The number of fused-ring (bicyclic) bond motifs is 1. The topological polar surface area (TPSA) is 88.6 Å². The standard InChI is InChI=1S/C22H23N3O4S/c1-15-13-25(14-16(2)29-15)30(27,28)20-8-5-7-18(11-20)22(26)24-19-10-17-6-3-4-9-21(17)23-12-19/h3-12,15-16H,13-14H2,1-2H3,(H,24,26)/t15-,16-/m0/s1. The second-order valence-electron chi connectivity index (χ2n) is 7.48. The summed E-state index contributed by atoms with van der Waals surface area (Å²) in [4.78, 5) is 17.2. The summed E-state index contributed by atoms with van der Waals surface area (Å²) in [6.45, 7) is 4.26. The van der Waals surface area contributed by atoms with Gasteiger partial charge in [0.25, 0.3) is 5.91 Å². The van der Waals surface area contributed by atoms with E-state index in [1.165, 1.54) is 16.4 Å². The summed E-state index contributed by atoms with van der Waals surface area (Å²) in [5.41, 5.74) is 1.64. The summed E-state index contributed by atoms with van der Waals surface area (Å²) in [5, 5.41) is 3.70. The molecule has 156 valence electrons. The van der Waals surface area contributed by atoms with Crippen molar-refractivity contribution in [3.05, 3.63) is 66.4 Å². The summed E-state index contributed by atoms with van der Waals surface area (Å²) < 4.78 is 33.2. The van der Waals surface area contributed by atoms with Gasteiger partial charge in [0.1, 0.15) is 0 Å². The lowest BCUT2D eigenvalue weighted by molar-refractivity contribution is -0.0440. The van der Waals surface area contributed by atoms with Crippen molar-refractivity contribution >= 4 is 32.5 Å². The lowest BCUT2D eigenvalue weighted by Crippen LogP contribution is -2.48. The molecule has 4 rings (SSSR count). The van der Waals surface area contributed by atoms with Gasteiger partial charge in [-0.2, -0.15) is 4.31 Å². The normalized spacial score (nSPS) is 20.2. The van der Waals surface area contributed by atoms with Crippen molar-refractivity contribution in [2.24, 2.45) is 0 Å². The molecule has 1 amide bonds. The van der Waals surface area contributed by atoms with Gasteiger partial charge in [-0.15, -0.1) is 0 Å². The Morgan fingerprint density at radius 1 is 1.07 bits per heavy atom. The highest BCUT2D eigenvalue weighted by Crippen LogP contribution is 2.23. The number of carbonyl (C=O) groups is 1. The number of morpholine rings is 1. The number of carbonyl (C=O) groups excluding carboxylic acids is 1. The first-order chi connectivity index (χ1) is 14.3. The van der Waals surface area contributed by atoms with E-state index in [2.05, 4.69) is 10.3 Å². The molecular formula is C22H23N3O4S. The van der Waals surface area contributed by atoms with Gasteiger partial charge in [0, 0.05) is 24.0 Å². The van der Waals surface area contributed by atoms with Crippen LogP contribution >= 0.6 is 0 Å². The van der Waals surface area contributed by atoms with E-state index in [1.807, 2.05) is 44.2 Å². The van der Waals surface area contributed by atoms with Crippen LogP contribution in [-0.2, 0) is 14.8 Å². The molecule has 0 radical (unpaired) electrons. The van der Waals surface area contributed by atoms with Gasteiger partial charge in [0.15, 0.2) is 0 Å². The SMILES string of the molecule is C[C@H]1CN(S(=O)(=O)c2cccc(C(=O)Nc3cnc4ccccc4c3)c2)C[C@H](C)O1. The zero-order valence-electron chi connectivity index (χ0n) is 16.8. The fourth-order valence-electron chi connectivity index (χ4n) is 3.62. The van der Waals surface area contributed by atoms with E-state index in [9.17, 15) is 13.2 Å². The minimum atomic E-state index is -3.72. The number of sulfonamides is 1. The van der Waals surface area contributed by atoms with Gasteiger partial charge in [-0.3, -0.25) is 9.78 Å². The van der Waals surface area contributed by atoms with Crippen LogP contribution in [0.1, 0.15) is 24.2 Å². The Morgan fingerprint density at radius 3 is 2.57 bits per heavy atom. The van der Waals surface area contributed by atoms with Crippen LogP contribution < -0.4 is 5.32 Å². The Balaban J connectivity index is 1.56. The molecule has 8 heteroatoms. The van der Waals surface area contributed by atoms with Gasteiger partial charge < -0.3 is 10.1 Å². The van der Waals surface area contributed by atoms with Crippen molar-refractivity contribution in [2.45, 2.75) is 31.0 Å². The van der Waals surface area contributed by atoms with Crippen molar-refractivity contribution in [2.75, 3.05) is 18.4 Å². The summed E-state index contributed by atoms with van der Waals surface area (Å²) in [6.07, 6.45) is 1.21. The first-order valence-electron chi connectivity index (χ1n) is 9.75. The summed E-state index contributed by atoms with van der Waals surface area (Å²) in [6, 6.07) is 15.5. The Hall–Kier alpha value is -2.81. The lowest BCUT2D eigenvalue weighted by atomic mass is 10.2. The molecule has 2 heterocycles. The molecule has 1 aliphatic heterocycles. The molecule has 2 atom stereocenters. The molecule has 30 heavy (non-hydrogen) atoms. The molecule has 1 N–H and O–H groups in total. The molecule has 1 fully saturated rings. The van der Waals surface area contributed by atoms with Crippen LogP contribution in [0.4, 0.5) is 5.69 Å². The largest absolute Gasteiger partial charge is 0.373 e. The molecule has 1 aliphatic rings. The highest BCUT2D eigenvalue weighted by Gasteiger charge is 2.32. The smallest absolute Gasteiger partial charge is 0.255 e. The van der Waals surface area contributed by atoms with Crippen LogP contribution in [0, 0.1) is 0 Å². The lowest BCUT2D eigenvalue weighted by Gasteiger charge is -2.34. The van der Waals surface area contributed by atoms with Crippen LogP contribution in [0.15, 0.2) is 65.7 Å². The number of para-hydroxylation sites is 1. The molecule has 2 aromatic carbocycles. The predicted octanol–water partition coefficient (Wildman–Crippen LogP) is 3.29. The van der Waals surface area contributed by atoms with E-state index in [0.29, 0.717) is 5.69 Å². The van der Waals surface area contributed by atoms with Crippen molar-refractivity contribution < 1.29 is 17.9 Å². The van der Waals surface area contributed by atoms with Crippen LogP contribution in [0.25, 0.3) is 10.9 Å². The molecule has 3 aromatic rings. The molecule has 0 unspecified atom stereocenters. The molecule has 0 aliphatic carbocycles. The van der Waals surface area contributed by atoms with Crippen LogP contribution in [0.5, 0.6) is 0 Å². The highest BCUT2D eigenvalue weighted by atomic mass is 32.2. The molecule has 1 aromatic heterocycles. The van der Waals surface area contributed by atoms with Crippen LogP contribution in [-0.4, -0.2) is 48.9 Å². The number of anilines is 1. The van der Waals surface area contributed by atoms with Crippen LogP contribution in [0.3, 0.4) is 0 Å². The highest BCUT2D eigenvalue weighted by molar-refractivity contribution is 7.89. The third-order valence-electron chi connectivity index (χ3n) is 4.97. The number of nitrogens with one attached hydrogen (secondary N) is 1. The van der Waals surface area contributed by atoms with E-state index in [-0.39, 0.29) is 35.8 Å². The van der Waals surface area contributed by atoms with Crippen LogP contribution in [0.2, 0.25) is 0 Å². The molecule has 0 saturated carbocycles. The zero-order valence-corrected chi connectivity index (χ0v) is 17.6. The number of hydrogen-bond donors (Lipinski definition) is 1. The second-order valence-corrected chi connectivity index (χ2v) is 9.42. The predicted molar refractivity (Wildman–Crippen MR) is 115 cm³/mol.